The molecule has 39 heavy (non-hydrogen) atoms. The minimum absolute atomic E-state index is 0.0392. The smallest absolute Gasteiger partial charge is 0.339 e. The van der Waals surface area contributed by atoms with Gasteiger partial charge in [0.1, 0.15) is 5.75 Å². The third kappa shape index (κ3) is 11.4. The number of aromatic nitrogens is 3. The molecule has 1 atom stereocenters. The molecule has 0 radical (unpaired) electrons. The summed E-state index contributed by atoms with van der Waals surface area (Å²) >= 11 is 11.2. The third-order valence-electron chi connectivity index (χ3n) is 4.14. The van der Waals surface area contributed by atoms with Crippen molar-refractivity contribution in [3.63, 3.8) is 0 Å². The molecule has 0 amide bonds. The number of carbonyl (C=O) groups excluding carboxylic acids is 2. The van der Waals surface area contributed by atoms with Crippen LogP contribution in [0.4, 0.5) is 0 Å². The second-order valence-electron chi connectivity index (χ2n) is 7.08. The lowest BCUT2D eigenvalue weighted by Crippen LogP contribution is -2.01. The van der Waals surface area contributed by atoms with Gasteiger partial charge in [0.05, 0.1) is 54.1 Å². The molecule has 0 saturated carbocycles. The van der Waals surface area contributed by atoms with Gasteiger partial charge in [0.2, 0.25) is 6.19 Å². The van der Waals surface area contributed by atoms with E-state index in [2.05, 4.69) is 28.8 Å². The van der Waals surface area contributed by atoms with E-state index < -0.39 is 21.7 Å². The number of hydrogen-bond acceptors (Lipinski definition) is 13. The molecule has 3 heterocycles. The van der Waals surface area contributed by atoms with Crippen molar-refractivity contribution in [3.8, 4) is 23.4 Å². The van der Waals surface area contributed by atoms with Crippen LogP contribution in [-0.2, 0) is 25.0 Å². The number of halogens is 2. The Hall–Kier alpha value is -4.19. The highest BCUT2D eigenvalue weighted by atomic mass is 35.5. The van der Waals surface area contributed by atoms with Gasteiger partial charge in [-0.25, -0.2) is 23.8 Å². The van der Waals surface area contributed by atoms with Crippen LogP contribution in [0.15, 0.2) is 47.3 Å². The Balaban J connectivity index is 0.000000299. The fourth-order valence-electron chi connectivity index (χ4n) is 2.44. The molecule has 0 aliphatic carbocycles. The first-order chi connectivity index (χ1) is 18.4. The van der Waals surface area contributed by atoms with Crippen LogP contribution >= 0.6 is 23.2 Å². The molecule has 208 valence electrons. The minimum atomic E-state index is -2.55. The van der Waals surface area contributed by atoms with E-state index in [-0.39, 0.29) is 38.7 Å². The van der Waals surface area contributed by atoms with Gasteiger partial charge in [0.25, 0.3) is 0 Å². The molecule has 0 bridgehead atoms. The topological polar surface area (TPSA) is 194 Å². The fourth-order valence-corrected chi connectivity index (χ4v) is 3.74. The normalized spacial score (nSPS) is 11.1. The zero-order valence-corrected chi connectivity index (χ0v) is 23.3. The van der Waals surface area contributed by atoms with Crippen LogP contribution < -0.4 is 4.74 Å². The van der Waals surface area contributed by atoms with E-state index in [1.807, 2.05) is 0 Å². The molecule has 3 rings (SSSR count). The molecule has 0 fully saturated rings. The van der Waals surface area contributed by atoms with Crippen LogP contribution in [0.1, 0.15) is 26.3 Å². The van der Waals surface area contributed by atoms with Crippen LogP contribution in [0, 0.1) is 11.5 Å². The number of hydrogen-bond donors (Lipinski definition) is 2. The lowest BCUT2D eigenvalue weighted by molar-refractivity contribution is 0.0591. The molecule has 1 unspecified atom stereocenters. The summed E-state index contributed by atoms with van der Waals surface area (Å²) in [5.41, 5.74) is 1.07. The quantitative estimate of drug-likeness (QED) is 0.246. The van der Waals surface area contributed by atoms with Gasteiger partial charge in [-0.2, -0.15) is 5.26 Å². The number of nitrogens with zero attached hydrogens (tertiary/aromatic N) is 5. The zero-order valence-electron chi connectivity index (χ0n) is 21.0. The number of esters is 2. The van der Waals surface area contributed by atoms with E-state index in [4.69, 9.17) is 43.4 Å². The monoisotopic (exact) mass is 599 g/mol. The summed E-state index contributed by atoms with van der Waals surface area (Å²) in [4.78, 5) is 32.7. The number of pyridine rings is 3. The summed E-state index contributed by atoms with van der Waals surface area (Å²) in [7, 11) is 1.43. The molecule has 3 aromatic rings. The molecule has 16 heteroatoms. The van der Waals surface area contributed by atoms with E-state index in [1.54, 1.807) is 12.3 Å². The van der Waals surface area contributed by atoms with Crippen molar-refractivity contribution >= 4 is 44.9 Å². The number of methoxy groups -OCH3 is 3. The van der Waals surface area contributed by atoms with Crippen molar-refractivity contribution in [2.75, 3.05) is 27.6 Å². The lowest BCUT2D eigenvalue weighted by atomic mass is 10.3. The lowest BCUT2D eigenvalue weighted by Gasteiger charge is -2.05. The maximum atomic E-state index is 11.7. The van der Waals surface area contributed by atoms with E-state index in [0.717, 1.165) is 0 Å². The molecule has 13 nitrogen and oxygen atoms in total. The number of nitriles is 1. The first-order valence-corrected chi connectivity index (χ1v) is 13.1. The van der Waals surface area contributed by atoms with Crippen LogP contribution in [-0.4, -0.2) is 68.9 Å². The summed E-state index contributed by atoms with van der Waals surface area (Å²) in [5, 5.41) is 26.5. The van der Waals surface area contributed by atoms with Crippen molar-refractivity contribution in [1.29, 1.82) is 5.26 Å². The minimum Gasteiger partial charge on any atom is -0.506 e. The van der Waals surface area contributed by atoms with Crippen molar-refractivity contribution in [1.82, 2.24) is 15.0 Å². The third-order valence-corrected chi connectivity index (χ3v) is 6.05. The first-order valence-electron chi connectivity index (χ1n) is 10.3. The molecule has 0 spiro atoms. The Morgan fingerprint density at radius 1 is 0.974 bits per heavy atom. The van der Waals surface area contributed by atoms with E-state index in [9.17, 15) is 13.8 Å². The fraction of sp³-hybridized carbons (Fsp3) is 0.217. The highest BCUT2D eigenvalue weighted by Crippen LogP contribution is 2.23. The van der Waals surface area contributed by atoms with Crippen LogP contribution in [0.3, 0.4) is 0 Å². The molecular formula is C23H23Cl2N5O8S. The Labute approximate surface area is 234 Å². The average Bonchev–Trinajstić information content (AvgIpc) is 2.91. The van der Waals surface area contributed by atoms with Crippen molar-refractivity contribution in [2.45, 2.75) is 5.75 Å². The van der Waals surface area contributed by atoms with Gasteiger partial charge in [-0.05, 0) is 23.8 Å². The molecule has 3 aromatic heterocycles. The van der Waals surface area contributed by atoms with Gasteiger partial charge in [0.15, 0.2) is 21.8 Å². The second kappa shape index (κ2) is 15.9. The maximum absolute atomic E-state index is 11.7. The number of aromatic hydroxyl groups is 2. The van der Waals surface area contributed by atoms with Gasteiger partial charge >= 0.3 is 11.9 Å². The predicted octanol–water partition coefficient (Wildman–Crippen LogP) is 3.62. The Morgan fingerprint density at radius 2 is 1.56 bits per heavy atom. The van der Waals surface area contributed by atoms with Crippen LogP contribution in [0.25, 0.3) is 0 Å². The number of ether oxygens (including phenoxy) is 3. The van der Waals surface area contributed by atoms with Crippen LogP contribution in [0.2, 0.25) is 10.3 Å². The van der Waals surface area contributed by atoms with E-state index in [0.29, 0.717) is 11.3 Å². The van der Waals surface area contributed by atoms with Gasteiger partial charge < -0.3 is 24.4 Å². The first kappa shape index (κ1) is 32.8. The summed E-state index contributed by atoms with van der Waals surface area (Å²) in [5.74, 6) is -0.803. The van der Waals surface area contributed by atoms with Gasteiger partial charge in [-0.15, -0.1) is 4.36 Å². The van der Waals surface area contributed by atoms with Crippen molar-refractivity contribution in [3.05, 3.63) is 70.0 Å². The van der Waals surface area contributed by atoms with Gasteiger partial charge in [-0.1, -0.05) is 23.2 Å². The SMILES string of the molecule is COC(=O)c1cnc(Cl)c(O)c1.COC(=O)c1cncc(O)c1.COc1cc(CS(C)(=O)=NC#N)cnc1Cl. The zero-order chi connectivity index (χ0) is 29.6. The molecule has 0 aliphatic rings. The summed E-state index contributed by atoms with van der Waals surface area (Å²) in [6.07, 6.45) is 8.24. The molecule has 2 N–H and O–H groups in total. The van der Waals surface area contributed by atoms with Gasteiger partial charge in [0, 0.05) is 24.8 Å². The van der Waals surface area contributed by atoms with Crippen molar-refractivity contribution in [2.24, 2.45) is 4.36 Å². The number of carbonyl (C=O) groups is 2. The Kier molecular flexibility index (Phi) is 13.4. The number of rotatable bonds is 5. The molecular weight excluding hydrogens is 577 g/mol. The predicted molar refractivity (Wildman–Crippen MR) is 141 cm³/mol. The standard InChI is InChI=1S/C9H10ClN3O2S.C7H6ClNO3.C7H7NO3/c1-15-8-3-7(4-12-9(8)10)5-16(2,14)13-6-11;1-12-7(11)4-2-5(10)6(8)9-3-4;1-11-7(10)5-2-6(9)4-8-3-5/h3-4H,5H2,1-2H3;2-3,10H,1H3;2-4,9H,1H3. The van der Waals surface area contributed by atoms with Crippen molar-refractivity contribution < 1.29 is 38.2 Å². The van der Waals surface area contributed by atoms with Gasteiger partial charge in [-0.3, -0.25) is 4.98 Å². The highest BCUT2D eigenvalue weighted by molar-refractivity contribution is 7.92. The largest absolute Gasteiger partial charge is 0.506 e. The Bertz CT molecular complexity index is 1470. The van der Waals surface area contributed by atoms with E-state index in [1.165, 1.54) is 64.5 Å². The average molecular weight is 600 g/mol. The summed E-state index contributed by atoms with van der Waals surface area (Å²) < 4.78 is 28.9. The maximum Gasteiger partial charge on any atom is 0.339 e. The van der Waals surface area contributed by atoms with E-state index >= 15 is 0 Å². The summed E-state index contributed by atoms with van der Waals surface area (Å²) in [6, 6.07) is 4.12. The highest BCUT2D eigenvalue weighted by Gasteiger charge is 2.09. The molecule has 0 aliphatic heterocycles. The van der Waals surface area contributed by atoms with Crippen LogP contribution in [0.5, 0.6) is 17.2 Å². The second-order valence-corrected chi connectivity index (χ2v) is 10.2. The molecule has 0 saturated heterocycles. The summed E-state index contributed by atoms with van der Waals surface area (Å²) in [6.45, 7) is 0. The Morgan fingerprint density at radius 3 is 2.08 bits per heavy atom. The molecule has 0 aromatic carbocycles.